The van der Waals surface area contributed by atoms with Gasteiger partial charge in [-0.15, -0.1) is 0 Å². The minimum Gasteiger partial charge on any atom is -0.380 e. The van der Waals surface area contributed by atoms with Gasteiger partial charge in [-0.2, -0.15) is 0 Å². The summed E-state index contributed by atoms with van der Waals surface area (Å²) < 4.78 is 5.60. The molecule has 3 nitrogen and oxygen atoms in total. The molecular weight excluding hydrogens is 248 g/mol. The van der Waals surface area contributed by atoms with E-state index in [0.717, 1.165) is 42.6 Å². The number of nitrogen functional groups attached to an aromatic ring is 1. The van der Waals surface area contributed by atoms with Gasteiger partial charge in [0, 0.05) is 5.92 Å². The average molecular weight is 272 g/mol. The molecule has 1 aromatic heterocycles. The third-order valence-corrected chi connectivity index (χ3v) is 3.80. The number of nitrogens with zero attached hydrogens (tertiary/aromatic N) is 1. The van der Waals surface area contributed by atoms with Crippen LogP contribution < -0.4 is 5.73 Å². The summed E-state index contributed by atoms with van der Waals surface area (Å²) in [5, 5.41) is 4.02. The molecule has 3 heteroatoms. The molecule has 108 valence electrons. The zero-order valence-electron chi connectivity index (χ0n) is 12.6. The van der Waals surface area contributed by atoms with Gasteiger partial charge in [0.2, 0.25) is 0 Å². The average Bonchev–Trinajstić information content (AvgIpc) is 2.81. The summed E-state index contributed by atoms with van der Waals surface area (Å²) in [6, 6.07) is 8.27. The summed E-state index contributed by atoms with van der Waals surface area (Å²) in [7, 11) is 0. The van der Waals surface area contributed by atoms with Crippen molar-refractivity contribution in [2.75, 3.05) is 5.73 Å². The van der Waals surface area contributed by atoms with Gasteiger partial charge in [0.25, 0.3) is 0 Å². The highest BCUT2D eigenvalue weighted by Gasteiger charge is 2.23. The number of aromatic nitrogens is 1. The summed E-state index contributed by atoms with van der Waals surface area (Å²) in [4.78, 5) is 0. The van der Waals surface area contributed by atoms with Crippen LogP contribution in [0, 0.1) is 6.92 Å². The Morgan fingerprint density at radius 2 is 1.80 bits per heavy atom. The molecule has 0 fully saturated rings. The van der Waals surface area contributed by atoms with Crippen LogP contribution in [0.1, 0.15) is 56.8 Å². The van der Waals surface area contributed by atoms with Crippen LogP contribution in [0.25, 0.3) is 11.1 Å². The van der Waals surface area contributed by atoms with Crippen LogP contribution >= 0.6 is 0 Å². The Bertz CT molecular complexity index is 554. The lowest BCUT2D eigenvalue weighted by atomic mass is 9.89. The zero-order valence-corrected chi connectivity index (χ0v) is 12.6. The van der Waals surface area contributed by atoms with E-state index in [9.17, 15) is 0 Å². The van der Waals surface area contributed by atoms with Crippen molar-refractivity contribution in [2.45, 2.75) is 52.4 Å². The quantitative estimate of drug-likeness (QED) is 0.812. The van der Waals surface area contributed by atoms with E-state index in [1.165, 1.54) is 5.56 Å². The fourth-order valence-corrected chi connectivity index (χ4v) is 2.82. The first kappa shape index (κ1) is 14.6. The smallest absolute Gasteiger partial charge is 0.175 e. The highest BCUT2D eigenvalue weighted by Crippen LogP contribution is 2.39. The lowest BCUT2D eigenvalue weighted by molar-refractivity contribution is 0.346. The minimum absolute atomic E-state index is 0.407. The SMILES string of the molecule is CCCC(CCC)c1onc(N)c1-c1ccccc1C. The maximum atomic E-state index is 6.07. The van der Waals surface area contributed by atoms with Crippen molar-refractivity contribution in [1.29, 1.82) is 0 Å². The van der Waals surface area contributed by atoms with Crippen molar-refractivity contribution in [3.8, 4) is 11.1 Å². The Hall–Kier alpha value is -1.77. The van der Waals surface area contributed by atoms with Gasteiger partial charge in [-0.3, -0.25) is 0 Å². The molecule has 2 rings (SSSR count). The fourth-order valence-electron chi connectivity index (χ4n) is 2.82. The number of aryl methyl sites for hydroxylation is 1. The molecule has 20 heavy (non-hydrogen) atoms. The van der Waals surface area contributed by atoms with Crippen molar-refractivity contribution in [2.24, 2.45) is 0 Å². The second-order valence-electron chi connectivity index (χ2n) is 5.40. The molecule has 0 bridgehead atoms. The molecule has 2 N–H and O–H groups in total. The Morgan fingerprint density at radius 3 is 2.40 bits per heavy atom. The molecule has 0 unspecified atom stereocenters. The van der Waals surface area contributed by atoms with Gasteiger partial charge in [-0.25, -0.2) is 0 Å². The monoisotopic (exact) mass is 272 g/mol. The minimum atomic E-state index is 0.407. The van der Waals surface area contributed by atoms with Crippen LogP contribution in [0.5, 0.6) is 0 Å². The van der Waals surface area contributed by atoms with E-state index in [1.807, 2.05) is 12.1 Å². The molecule has 1 aromatic carbocycles. The number of hydrogen-bond acceptors (Lipinski definition) is 3. The molecule has 1 heterocycles. The lowest BCUT2D eigenvalue weighted by Crippen LogP contribution is -2.00. The Kier molecular flexibility index (Phi) is 4.83. The molecule has 0 radical (unpaired) electrons. The van der Waals surface area contributed by atoms with Crippen molar-refractivity contribution >= 4 is 5.82 Å². The van der Waals surface area contributed by atoms with Gasteiger partial charge in [0.15, 0.2) is 5.82 Å². The van der Waals surface area contributed by atoms with E-state index in [1.54, 1.807) is 0 Å². The van der Waals surface area contributed by atoms with E-state index in [0.29, 0.717) is 11.7 Å². The molecule has 0 aliphatic rings. The van der Waals surface area contributed by atoms with Crippen molar-refractivity contribution in [3.05, 3.63) is 35.6 Å². The van der Waals surface area contributed by atoms with Gasteiger partial charge in [0.05, 0.1) is 5.56 Å². The van der Waals surface area contributed by atoms with Crippen molar-refractivity contribution < 1.29 is 4.52 Å². The number of hydrogen-bond donors (Lipinski definition) is 1. The summed E-state index contributed by atoms with van der Waals surface area (Å²) in [5.41, 5.74) is 9.40. The third-order valence-electron chi connectivity index (χ3n) is 3.80. The Balaban J connectivity index is 2.48. The predicted molar refractivity (Wildman–Crippen MR) is 83.6 cm³/mol. The van der Waals surface area contributed by atoms with Gasteiger partial charge in [-0.05, 0) is 30.9 Å². The number of benzene rings is 1. The second-order valence-corrected chi connectivity index (χ2v) is 5.40. The highest BCUT2D eigenvalue weighted by molar-refractivity contribution is 5.78. The first-order valence-corrected chi connectivity index (χ1v) is 7.50. The Morgan fingerprint density at radius 1 is 1.15 bits per heavy atom. The molecule has 0 atom stereocenters. The summed E-state index contributed by atoms with van der Waals surface area (Å²) in [6.07, 6.45) is 4.50. The standard InChI is InChI=1S/C17H24N2O/c1-4-8-13(9-5-2)16-15(17(18)19-20-16)14-11-7-6-10-12(14)3/h6-7,10-11,13H,4-5,8-9H2,1-3H3,(H2,18,19). The van der Waals surface area contributed by atoms with E-state index < -0.39 is 0 Å². The first-order chi connectivity index (χ1) is 9.69. The van der Waals surface area contributed by atoms with E-state index in [4.69, 9.17) is 10.3 Å². The predicted octanol–water partition coefficient (Wildman–Crippen LogP) is 4.92. The van der Waals surface area contributed by atoms with E-state index in [2.05, 4.69) is 38.1 Å². The van der Waals surface area contributed by atoms with Gasteiger partial charge in [0.1, 0.15) is 5.76 Å². The number of rotatable bonds is 6. The van der Waals surface area contributed by atoms with Gasteiger partial charge < -0.3 is 10.3 Å². The largest absolute Gasteiger partial charge is 0.380 e. The van der Waals surface area contributed by atoms with Gasteiger partial charge >= 0.3 is 0 Å². The van der Waals surface area contributed by atoms with Gasteiger partial charge in [-0.1, -0.05) is 56.1 Å². The van der Waals surface area contributed by atoms with Crippen LogP contribution in [0.15, 0.2) is 28.8 Å². The highest BCUT2D eigenvalue weighted by atomic mass is 16.5. The van der Waals surface area contributed by atoms with Crippen LogP contribution in [0.3, 0.4) is 0 Å². The summed E-state index contributed by atoms with van der Waals surface area (Å²) >= 11 is 0. The van der Waals surface area contributed by atoms with Crippen LogP contribution in [-0.4, -0.2) is 5.16 Å². The fraction of sp³-hybridized carbons (Fsp3) is 0.471. The van der Waals surface area contributed by atoms with Crippen molar-refractivity contribution in [1.82, 2.24) is 5.16 Å². The summed E-state index contributed by atoms with van der Waals surface area (Å²) in [5.74, 6) is 1.87. The zero-order chi connectivity index (χ0) is 14.5. The molecule has 0 aliphatic carbocycles. The maximum Gasteiger partial charge on any atom is 0.175 e. The van der Waals surface area contributed by atoms with Crippen LogP contribution in [-0.2, 0) is 0 Å². The molecular formula is C17H24N2O. The van der Waals surface area contributed by atoms with E-state index in [-0.39, 0.29) is 0 Å². The molecule has 0 saturated heterocycles. The maximum absolute atomic E-state index is 6.07. The molecule has 0 amide bonds. The third kappa shape index (κ3) is 2.87. The molecule has 2 aromatic rings. The topological polar surface area (TPSA) is 52.0 Å². The number of anilines is 1. The van der Waals surface area contributed by atoms with Crippen LogP contribution in [0.2, 0.25) is 0 Å². The second kappa shape index (κ2) is 6.60. The molecule has 0 aliphatic heterocycles. The van der Waals surface area contributed by atoms with Crippen molar-refractivity contribution in [3.63, 3.8) is 0 Å². The first-order valence-electron chi connectivity index (χ1n) is 7.50. The lowest BCUT2D eigenvalue weighted by Gasteiger charge is -2.14. The van der Waals surface area contributed by atoms with Crippen LogP contribution in [0.4, 0.5) is 5.82 Å². The normalized spacial score (nSPS) is 11.2. The van der Waals surface area contributed by atoms with E-state index >= 15 is 0 Å². The molecule has 0 spiro atoms. The number of nitrogens with two attached hydrogens (primary N) is 1. The Labute approximate surface area is 121 Å². The molecule has 0 saturated carbocycles. The summed E-state index contributed by atoms with van der Waals surface area (Å²) in [6.45, 7) is 6.51.